The maximum atomic E-state index is 11.5. The van der Waals surface area contributed by atoms with Crippen LogP contribution in [0.1, 0.15) is 12.7 Å². The van der Waals surface area contributed by atoms with E-state index in [-0.39, 0.29) is 0 Å². The molecule has 0 fully saturated rings. The number of nitrogens with one attached hydrogen (secondary N) is 2. The SMILES string of the molecule is C[C@@H](NC(=O)N(C)Cc1ncc[nH]1)C(=O)O. The Hall–Kier alpha value is -2.05. The number of imidazole rings is 1. The molecule has 1 rings (SSSR count). The van der Waals surface area contributed by atoms with E-state index in [1.807, 2.05) is 0 Å². The molecule has 88 valence electrons. The summed E-state index contributed by atoms with van der Waals surface area (Å²) in [6.45, 7) is 1.70. The Balaban J connectivity index is 2.45. The average molecular weight is 226 g/mol. The number of urea groups is 1. The predicted molar refractivity (Wildman–Crippen MR) is 55.7 cm³/mol. The highest BCUT2D eigenvalue weighted by Gasteiger charge is 2.17. The van der Waals surface area contributed by atoms with Gasteiger partial charge in [-0.2, -0.15) is 0 Å². The normalized spacial score (nSPS) is 11.9. The summed E-state index contributed by atoms with van der Waals surface area (Å²) < 4.78 is 0. The van der Waals surface area contributed by atoms with Crippen LogP contribution >= 0.6 is 0 Å². The van der Waals surface area contributed by atoms with Crippen LogP contribution < -0.4 is 5.32 Å². The third-order valence-electron chi connectivity index (χ3n) is 2.00. The van der Waals surface area contributed by atoms with Gasteiger partial charge in [0.2, 0.25) is 0 Å². The van der Waals surface area contributed by atoms with Gasteiger partial charge in [0.1, 0.15) is 11.9 Å². The number of hydrogen-bond donors (Lipinski definition) is 3. The van der Waals surface area contributed by atoms with Crippen LogP contribution in [0.2, 0.25) is 0 Å². The number of aromatic amines is 1. The number of aromatic nitrogens is 2. The molecule has 0 saturated carbocycles. The van der Waals surface area contributed by atoms with Crippen LogP contribution in [0.3, 0.4) is 0 Å². The molecule has 0 saturated heterocycles. The number of carbonyl (C=O) groups is 2. The van der Waals surface area contributed by atoms with Crippen molar-refractivity contribution in [3.05, 3.63) is 18.2 Å². The van der Waals surface area contributed by atoms with Crippen molar-refractivity contribution in [2.24, 2.45) is 0 Å². The Bertz CT molecular complexity index is 363. The smallest absolute Gasteiger partial charge is 0.325 e. The third-order valence-corrected chi connectivity index (χ3v) is 2.00. The molecule has 0 spiro atoms. The van der Waals surface area contributed by atoms with Crippen molar-refractivity contribution in [3.63, 3.8) is 0 Å². The zero-order chi connectivity index (χ0) is 12.1. The molecule has 7 nitrogen and oxygen atoms in total. The van der Waals surface area contributed by atoms with Gasteiger partial charge in [-0.25, -0.2) is 9.78 Å². The molecule has 1 atom stereocenters. The number of amides is 2. The van der Waals surface area contributed by atoms with Gasteiger partial charge in [-0.1, -0.05) is 0 Å². The summed E-state index contributed by atoms with van der Waals surface area (Å²) in [5, 5.41) is 11.0. The van der Waals surface area contributed by atoms with Crippen molar-refractivity contribution >= 4 is 12.0 Å². The van der Waals surface area contributed by atoms with E-state index in [1.54, 1.807) is 19.4 Å². The van der Waals surface area contributed by atoms with Crippen molar-refractivity contribution in [1.29, 1.82) is 0 Å². The Morgan fingerprint density at radius 2 is 2.38 bits per heavy atom. The second-order valence-corrected chi connectivity index (χ2v) is 3.40. The van der Waals surface area contributed by atoms with Crippen LogP contribution in [0, 0.1) is 0 Å². The molecule has 1 aromatic heterocycles. The molecule has 16 heavy (non-hydrogen) atoms. The molecule has 0 aliphatic carbocycles. The zero-order valence-electron chi connectivity index (χ0n) is 9.10. The van der Waals surface area contributed by atoms with E-state index in [0.29, 0.717) is 12.4 Å². The van der Waals surface area contributed by atoms with Crippen molar-refractivity contribution in [2.45, 2.75) is 19.5 Å². The van der Waals surface area contributed by atoms with Gasteiger partial charge in [-0.05, 0) is 6.92 Å². The summed E-state index contributed by atoms with van der Waals surface area (Å²) in [5.74, 6) is -0.430. The molecule has 2 amide bonds. The van der Waals surface area contributed by atoms with Gasteiger partial charge < -0.3 is 20.3 Å². The number of carboxylic acid groups (broad SMARTS) is 1. The maximum Gasteiger partial charge on any atom is 0.325 e. The number of H-pyrrole nitrogens is 1. The van der Waals surface area contributed by atoms with Gasteiger partial charge in [0.15, 0.2) is 0 Å². The number of hydrogen-bond acceptors (Lipinski definition) is 3. The van der Waals surface area contributed by atoms with Crippen molar-refractivity contribution in [2.75, 3.05) is 7.05 Å². The van der Waals surface area contributed by atoms with Crippen LogP contribution in [-0.4, -0.2) is 45.1 Å². The Kier molecular flexibility index (Phi) is 3.87. The first-order valence-corrected chi connectivity index (χ1v) is 4.73. The fraction of sp³-hybridized carbons (Fsp3) is 0.444. The molecule has 0 bridgehead atoms. The number of rotatable bonds is 4. The lowest BCUT2D eigenvalue weighted by atomic mass is 10.3. The highest BCUT2D eigenvalue weighted by Crippen LogP contribution is 1.96. The number of nitrogens with zero attached hydrogens (tertiary/aromatic N) is 2. The number of carboxylic acids is 1. The molecule has 1 aromatic rings. The van der Waals surface area contributed by atoms with Gasteiger partial charge in [0.05, 0.1) is 6.54 Å². The molecule has 0 unspecified atom stereocenters. The van der Waals surface area contributed by atoms with E-state index < -0.39 is 18.0 Å². The molecule has 0 aromatic carbocycles. The van der Waals surface area contributed by atoms with Gasteiger partial charge in [-0.15, -0.1) is 0 Å². The molecular weight excluding hydrogens is 212 g/mol. The number of aliphatic carboxylic acids is 1. The number of carbonyl (C=O) groups excluding carboxylic acids is 1. The van der Waals surface area contributed by atoms with Crippen molar-refractivity contribution in [1.82, 2.24) is 20.2 Å². The summed E-state index contributed by atoms with van der Waals surface area (Å²) in [7, 11) is 1.56. The molecule has 0 radical (unpaired) electrons. The largest absolute Gasteiger partial charge is 0.480 e. The third kappa shape index (κ3) is 3.26. The zero-order valence-corrected chi connectivity index (χ0v) is 9.10. The lowest BCUT2D eigenvalue weighted by Gasteiger charge is -2.18. The fourth-order valence-corrected chi connectivity index (χ4v) is 1.04. The van der Waals surface area contributed by atoms with Crippen LogP contribution in [0.25, 0.3) is 0 Å². The van der Waals surface area contributed by atoms with Crippen molar-refractivity contribution in [3.8, 4) is 0 Å². The van der Waals surface area contributed by atoms with Crippen LogP contribution in [0.15, 0.2) is 12.4 Å². The lowest BCUT2D eigenvalue weighted by Crippen LogP contribution is -2.44. The summed E-state index contributed by atoms with van der Waals surface area (Å²) in [6.07, 6.45) is 3.24. The molecule has 0 aliphatic rings. The predicted octanol–water partition coefficient (Wildman–Crippen LogP) is 0.0242. The summed E-state index contributed by atoms with van der Waals surface area (Å²) >= 11 is 0. The second kappa shape index (κ2) is 5.15. The van der Waals surface area contributed by atoms with Gasteiger partial charge >= 0.3 is 12.0 Å². The monoisotopic (exact) mass is 226 g/mol. The Morgan fingerprint density at radius 3 is 2.88 bits per heavy atom. The lowest BCUT2D eigenvalue weighted by molar-refractivity contribution is -0.138. The van der Waals surface area contributed by atoms with Crippen molar-refractivity contribution < 1.29 is 14.7 Å². The maximum absolute atomic E-state index is 11.5. The molecular formula is C9H14N4O3. The minimum Gasteiger partial charge on any atom is -0.480 e. The average Bonchev–Trinajstić information content (AvgIpc) is 2.69. The minimum absolute atomic E-state index is 0.297. The van der Waals surface area contributed by atoms with E-state index in [4.69, 9.17) is 5.11 Å². The first-order chi connectivity index (χ1) is 7.50. The first kappa shape index (κ1) is 12.0. The first-order valence-electron chi connectivity index (χ1n) is 4.73. The molecule has 0 aliphatic heterocycles. The van der Waals surface area contributed by atoms with Crippen LogP contribution in [-0.2, 0) is 11.3 Å². The molecule has 1 heterocycles. The summed E-state index contributed by atoms with van der Waals surface area (Å²) in [6, 6.07) is -1.36. The summed E-state index contributed by atoms with van der Waals surface area (Å²) in [5.41, 5.74) is 0. The van der Waals surface area contributed by atoms with Crippen LogP contribution in [0.4, 0.5) is 4.79 Å². The highest BCUT2D eigenvalue weighted by atomic mass is 16.4. The van der Waals surface area contributed by atoms with Gasteiger partial charge in [-0.3, -0.25) is 4.79 Å². The van der Waals surface area contributed by atoms with Crippen LogP contribution in [0.5, 0.6) is 0 Å². The van der Waals surface area contributed by atoms with E-state index in [1.165, 1.54) is 11.8 Å². The van der Waals surface area contributed by atoms with Gasteiger partial charge in [0.25, 0.3) is 0 Å². The topological polar surface area (TPSA) is 98.3 Å². The highest BCUT2D eigenvalue weighted by molar-refractivity contribution is 5.81. The minimum atomic E-state index is -1.07. The van der Waals surface area contributed by atoms with E-state index in [2.05, 4.69) is 15.3 Å². The van der Waals surface area contributed by atoms with Gasteiger partial charge in [0, 0.05) is 19.4 Å². The molecule has 3 N–H and O–H groups in total. The quantitative estimate of drug-likeness (QED) is 0.674. The standard InChI is InChI=1S/C9H14N4O3/c1-6(8(14)15)12-9(16)13(2)5-7-10-3-4-11-7/h3-4,6H,5H2,1-2H3,(H,10,11)(H,12,16)(H,14,15)/t6-/m1/s1. The van der Waals surface area contributed by atoms with E-state index in [0.717, 1.165) is 0 Å². The Morgan fingerprint density at radius 1 is 1.69 bits per heavy atom. The second-order valence-electron chi connectivity index (χ2n) is 3.40. The Labute approximate surface area is 92.5 Å². The fourth-order valence-electron chi connectivity index (χ4n) is 1.04. The van der Waals surface area contributed by atoms with E-state index in [9.17, 15) is 9.59 Å². The van der Waals surface area contributed by atoms with E-state index >= 15 is 0 Å². The summed E-state index contributed by atoms with van der Waals surface area (Å²) in [4.78, 5) is 30.2. The molecule has 7 heteroatoms.